The summed E-state index contributed by atoms with van der Waals surface area (Å²) >= 11 is -1.22. The molecule has 1 atom stereocenters. The first-order valence-corrected chi connectivity index (χ1v) is 13.6. The minimum absolute atomic E-state index is 0.0684. The fraction of sp³-hybridized carbons (Fsp3) is 0.556. The molecule has 0 bridgehead atoms. The first-order chi connectivity index (χ1) is 5.64. The Balaban J connectivity index is 2.98. The summed E-state index contributed by atoms with van der Waals surface area (Å²) in [5.41, 5.74) is 1.47. The monoisotopic (exact) mass is 374 g/mol. The summed E-state index contributed by atoms with van der Waals surface area (Å²) in [4.78, 5) is 0. The van der Waals surface area contributed by atoms with Crippen LogP contribution in [-0.4, -0.2) is 13.2 Å². The number of ether oxygens (including phenoxy) is 1. The molecule has 0 saturated carbocycles. The second-order valence-electron chi connectivity index (χ2n) is 3.51. The van der Waals surface area contributed by atoms with Gasteiger partial charge in [-0.05, 0) is 0 Å². The third-order valence-electron chi connectivity index (χ3n) is 2.50. The van der Waals surface area contributed by atoms with Gasteiger partial charge in [0, 0.05) is 0 Å². The Morgan fingerprint density at radius 3 is 3.00 bits per heavy atom. The van der Waals surface area contributed by atoms with Gasteiger partial charge in [-0.1, -0.05) is 0 Å². The van der Waals surface area contributed by atoms with Crippen LogP contribution in [0.25, 0.3) is 0 Å². The van der Waals surface area contributed by atoms with E-state index in [-0.39, 0.29) is 5.41 Å². The van der Waals surface area contributed by atoms with Gasteiger partial charge >= 0.3 is 90.1 Å². The van der Waals surface area contributed by atoms with Crippen molar-refractivity contribution >= 4 is 8.25 Å². The molecule has 1 unspecified atom stereocenters. The van der Waals surface area contributed by atoms with E-state index in [4.69, 9.17) is 13.0 Å². The summed E-state index contributed by atoms with van der Waals surface area (Å²) < 4.78 is 6.88. The first kappa shape index (κ1) is 10.7. The number of hydrogen-bond donors (Lipinski definition) is 0. The molecular weight excluding hydrogens is 360 g/mol. The molecule has 0 aromatic carbocycles. The molecule has 0 aliphatic carbocycles. The number of rotatable bonds is 2. The Morgan fingerprint density at radius 2 is 2.50 bits per heavy atom. The Hall–Kier alpha value is 0.665. The molecule has 1 fully saturated rings. The summed E-state index contributed by atoms with van der Waals surface area (Å²) in [6.45, 7) is 9.71. The van der Waals surface area contributed by atoms with Crippen molar-refractivity contribution in [3.05, 3.63) is 21.3 Å². The molecular formula is C9H13ClHgO. The van der Waals surface area contributed by atoms with Gasteiger partial charge in [0.15, 0.2) is 0 Å². The van der Waals surface area contributed by atoms with Crippen LogP contribution in [0.15, 0.2) is 21.3 Å². The normalized spacial score (nSPS) is 32.9. The molecule has 1 saturated heterocycles. The van der Waals surface area contributed by atoms with E-state index in [0.29, 0.717) is 0 Å². The van der Waals surface area contributed by atoms with Crippen LogP contribution in [-0.2, 0) is 28.1 Å². The topological polar surface area (TPSA) is 9.23 Å². The van der Waals surface area contributed by atoms with Crippen molar-refractivity contribution in [2.75, 3.05) is 13.2 Å². The van der Waals surface area contributed by atoms with Gasteiger partial charge in [0.05, 0.1) is 0 Å². The second-order valence-corrected chi connectivity index (χ2v) is 11.0. The molecule has 0 N–H and O–H groups in total. The fourth-order valence-corrected chi connectivity index (χ4v) is 5.50. The third-order valence-corrected chi connectivity index (χ3v) is 9.24. The SMILES string of the molecule is C=CC1(C)COC/C1=[C](/C)[Hg][Cl]. The summed E-state index contributed by atoms with van der Waals surface area (Å²) in [7, 11) is 5.99. The second kappa shape index (κ2) is 4.25. The van der Waals surface area contributed by atoms with E-state index in [0.717, 1.165) is 13.2 Å². The molecule has 3 heteroatoms. The van der Waals surface area contributed by atoms with Crippen LogP contribution >= 0.6 is 8.25 Å². The number of halogens is 1. The Kier molecular flexibility index (Phi) is 3.81. The van der Waals surface area contributed by atoms with Crippen molar-refractivity contribution in [1.29, 1.82) is 0 Å². The first-order valence-electron chi connectivity index (χ1n) is 4.10. The van der Waals surface area contributed by atoms with Gasteiger partial charge < -0.3 is 0 Å². The van der Waals surface area contributed by atoms with Gasteiger partial charge in [-0.2, -0.15) is 0 Å². The molecule has 64 valence electrons. The van der Waals surface area contributed by atoms with Crippen LogP contribution in [0, 0.1) is 5.41 Å². The molecule has 0 aromatic heterocycles. The van der Waals surface area contributed by atoms with Crippen molar-refractivity contribution in [3.8, 4) is 0 Å². The molecule has 1 nitrogen and oxygen atoms in total. The predicted molar refractivity (Wildman–Crippen MR) is 47.7 cm³/mol. The molecule has 12 heavy (non-hydrogen) atoms. The maximum absolute atomic E-state index is 5.99. The van der Waals surface area contributed by atoms with E-state index in [1.54, 1.807) is 0 Å². The summed E-state index contributed by atoms with van der Waals surface area (Å²) in [5, 5.41) is 0. The predicted octanol–water partition coefficient (Wildman–Crippen LogP) is 2.72. The van der Waals surface area contributed by atoms with E-state index < -0.39 is 23.3 Å². The average molecular weight is 373 g/mol. The molecule has 1 aliphatic rings. The molecule has 0 spiro atoms. The fourth-order valence-electron chi connectivity index (χ4n) is 1.49. The van der Waals surface area contributed by atoms with Gasteiger partial charge in [-0.25, -0.2) is 0 Å². The molecule has 1 rings (SSSR count). The van der Waals surface area contributed by atoms with E-state index in [1.807, 2.05) is 6.08 Å². The van der Waals surface area contributed by atoms with Gasteiger partial charge in [0.25, 0.3) is 0 Å². The van der Waals surface area contributed by atoms with Gasteiger partial charge in [-0.15, -0.1) is 0 Å². The van der Waals surface area contributed by atoms with Crippen LogP contribution < -0.4 is 0 Å². The standard InChI is InChI=1S/C9H13O.ClH.Hg/c1-4-8-6-10-7-9(8,3)5-2;;/h5H,2,6-7H2,1,3H3;1H;/q;;+1/p-1. The van der Waals surface area contributed by atoms with E-state index in [1.165, 1.54) is 8.65 Å². The maximum atomic E-state index is 5.99. The van der Waals surface area contributed by atoms with Crippen LogP contribution in [0.2, 0.25) is 0 Å². The quantitative estimate of drug-likeness (QED) is 0.534. The average Bonchev–Trinajstić information content (AvgIpc) is 2.47. The Morgan fingerprint density at radius 1 is 1.83 bits per heavy atom. The Bertz CT molecular complexity index is 225. The van der Waals surface area contributed by atoms with Crippen LogP contribution in [0.4, 0.5) is 0 Å². The number of allylic oxidation sites excluding steroid dienone is 1. The zero-order chi connectivity index (χ0) is 9.19. The zero-order valence-corrected chi connectivity index (χ0v) is 13.9. The molecule has 0 amide bonds. The minimum atomic E-state index is -1.22. The van der Waals surface area contributed by atoms with E-state index in [9.17, 15) is 0 Å². The zero-order valence-electron chi connectivity index (χ0n) is 7.69. The Labute approximate surface area is 89.7 Å². The number of hydrogen-bond acceptors (Lipinski definition) is 1. The van der Waals surface area contributed by atoms with Crippen LogP contribution in [0.3, 0.4) is 0 Å². The van der Waals surface area contributed by atoms with Crippen molar-refractivity contribution in [1.82, 2.24) is 0 Å². The molecule has 1 aliphatic heterocycles. The van der Waals surface area contributed by atoms with Crippen molar-refractivity contribution in [3.63, 3.8) is 0 Å². The summed E-state index contributed by atoms with van der Waals surface area (Å²) in [6.07, 6.45) is 1.99. The van der Waals surface area contributed by atoms with Crippen molar-refractivity contribution in [2.24, 2.45) is 5.41 Å². The van der Waals surface area contributed by atoms with E-state index >= 15 is 0 Å². The van der Waals surface area contributed by atoms with Crippen LogP contribution in [0.1, 0.15) is 13.8 Å². The van der Waals surface area contributed by atoms with Crippen molar-refractivity contribution in [2.45, 2.75) is 13.8 Å². The molecule has 0 aromatic rings. The van der Waals surface area contributed by atoms with Gasteiger partial charge in [0.2, 0.25) is 0 Å². The van der Waals surface area contributed by atoms with Gasteiger partial charge in [-0.3, -0.25) is 0 Å². The van der Waals surface area contributed by atoms with Crippen LogP contribution in [0.5, 0.6) is 0 Å². The van der Waals surface area contributed by atoms with E-state index in [2.05, 4.69) is 20.4 Å². The van der Waals surface area contributed by atoms with Crippen molar-refractivity contribution < 1.29 is 28.1 Å². The third kappa shape index (κ3) is 1.94. The summed E-state index contributed by atoms with van der Waals surface area (Å²) in [5.74, 6) is 0. The van der Waals surface area contributed by atoms with Gasteiger partial charge in [0.1, 0.15) is 0 Å². The molecule has 1 heterocycles. The summed E-state index contributed by atoms with van der Waals surface area (Å²) in [6, 6.07) is 0. The molecule has 0 radical (unpaired) electrons.